The molecule has 4 aromatic carbocycles. The van der Waals surface area contributed by atoms with Crippen molar-refractivity contribution in [3.05, 3.63) is 130 Å². The number of nitrogens with zero attached hydrogens (tertiary/aromatic N) is 2. The molecule has 2 bridgehead atoms. The van der Waals surface area contributed by atoms with Crippen LogP contribution in [0, 0.1) is 11.8 Å². The summed E-state index contributed by atoms with van der Waals surface area (Å²) in [6, 6.07) is 29.5. The van der Waals surface area contributed by atoms with Crippen LogP contribution in [0.3, 0.4) is 0 Å². The van der Waals surface area contributed by atoms with Gasteiger partial charge in [0.1, 0.15) is 5.75 Å². The Kier molecular flexibility index (Phi) is 5.80. The molecule has 2 atom stereocenters. The lowest BCUT2D eigenvalue weighted by Crippen LogP contribution is -2.54. The third-order valence-corrected chi connectivity index (χ3v) is 8.88. The smallest absolute Gasteiger partial charge is 0.275 e. The normalized spacial score (nSPS) is 23.8. The van der Waals surface area contributed by atoms with Crippen LogP contribution in [-0.4, -0.2) is 31.0 Å². The Bertz CT molecular complexity index is 1740. The molecule has 41 heavy (non-hydrogen) atoms. The minimum atomic E-state index is -1.11. The molecule has 3 aliphatic carbocycles. The molecule has 4 aromatic rings. The summed E-state index contributed by atoms with van der Waals surface area (Å²) in [4.78, 5) is 43.0. The van der Waals surface area contributed by atoms with Gasteiger partial charge in [0.2, 0.25) is 11.8 Å². The fourth-order valence-corrected chi connectivity index (χ4v) is 7.23. The van der Waals surface area contributed by atoms with Crippen molar-refractivity contribution in [2.24, 2.45) is 16.9 Å². The topological polar surface area (TPSA) is 88.1 Å². The van der Waals surface area contributed by atoms with Crippen LogP contribution >= 0.6 is 11.6 Å². The molecule has 0 saturated carbocycles. The third kappa shape index (κ3) is 3.45. The molecular weight excluding hydrogens is 538 g/mol. The Morgan fingerprint density at radius 3 is 2.17 bits per heavy atom. The number of nitrogens with one attached hydrogen (secondary N) is 1. The second-order valence-electron chi connectivity index (χ2n) is 10.4. The Hall–Kier alpha value is -4.75. The van der Waals surface area contributed by atoms with Crippen molar-refractivity contribution in [3.63, 3.8) is 0 Å². The van der Waals surface area contributed by atoms with Gasteiger partial charge in [-0.2, -0.15) is 5.10 Å². The van der Waals surface area contributed by atoms with Crippen LogP contribution in [0.4, 0.5) is 5.69 Å². The number of carbonyl (C=O) groups excluding carboxylic acids is 3. The van der Waals surface area contributed by atoms with Gasteiger partial charge in [0.15, 0.2) is 0 Å². The van der Waals surface area contributed by atoms with Crippen LogP contribution in [0.1, 0.15) is 38.5 Å². The maximum atomic E-state index is 14.4. The summed E-state index contributed by atoms with van der Waals surface area (Å²) in [7, 11) is 1.50. The Morgan fingerprint density at radius 2 is 1.49 bits per heavy atom. The van der Waals surface area contributed by atoms with Gasteiger partial charge in [-0.1, -0.05) is 84.4 Å². The summed E-state index contributed by atoms with van der Waals surface area (Å²) >= 11 is 6.50. The molecule has 0 unspecified atom stereocenters. The molecule has 0 radical (unpaired) electrons. The number of hydrogen-bond acceptors (Lipinski definition) is 5. The quantitative estimate of drug-likeness (QED) is 0.203. The highest BCUT2D eigenvalue weighted by molar-refractivity contribution is 6.36. The summed E-state index contributed by atoms with van der Waals surface area (Å²) < 4.78 is 5.34. The summed E-state index contributed by atoms with van der Waals surface area (Å²) in [6.07, 6.45) is 1.63. The second kappa shape index (κ2) is 9.42. The summed E-state index contributed by atoms with van der Waals surface area (Å²) in [5, 5.41) is 4.78. The Balaban J connectivity index is 1.41. The lowest BCUT2D eigenvalue weighted by Gasteiger charge is -2.52. The highest BCUT2D eigenvalue weighted by atomic mass is 35.5. The number of benzene rings is 4. The van der Waals surface area contributed by atoms with Crippen molar-refractivity contribution in [2.45, 2.75) is 11.3 Å². The van der Waals surface area contributed by atoms with Crippen molar-refractivity contribution < 1.29 is 19.1 Å². The van der Waals surface area contributed by atoms with E-state index < -0.39 is 23.2 Å². The molecule has 3 amide bonds. The van der Waals surface area contributed by atoms with Gasteiger partial charge in [-0.05, 0) is 46.5 Å². The van der Waals surface area contributed by atoms with E-state index in [-0.39, 0.29) is 17.7 Å². The molecule has 4 aliphatic rings. The monoisotopic (exact) mass is 561 g/mol. The summed E-state index contributed by atoms with van der Waals surface area (Å²) in [5.41, 5.74) is 5.94. The van der Waals surface area contributed by atoms with E-state index in [0.29, 0.717) is 22.0 Å². The maximum absolute atomic E-state index is 14.4. The molecule has 8 heteroatoms. The number of hydrogen-bond donors (Lipinski definition) is 1. The van der Waals surface area contributed by atoms with Gasteiger partial charge >= 0.3 is 0 Å². The number of anilines is 1. The predicted octanol–water partition coefficient (Wildman–Crippen LogP) is 5.32. The van der Waals surface area contributed by atoms with Crippen LogP contribution in [-0.2, 0) is 15.0 Å². The minimum absolute atomic E-state index is 0.294. The standard InChI is InChI=1S/C33H24ClN3O4/c1-41-26-17-9-4-12-21(26)30(38)36-35-18-33-22-13-5-2-10-19(22)27(20-11-3-6-14-23(20)33)28-29(33)32(40)37(31(28)39)25-16-8-7-15-24(25)34/h2-18,27-29H,1H3,(H,36,38)/b35-18-/t27?,28-,29+,33?/m0/s1. The molecule has 202 valence electrons. The van der Waals surface area contributed by atoms with E-state index in [2.05, 4.69) is 10.5 Å². The molecule has 0 spiro atoms. The van der Waals surface area contributed by atoms with Crippen LogP contribution in [0.25, 0.3) is 0 Å². The van der Waals surface area contributed by atoms with Gasteiger partial charge in [-0.25, -0.2) is 10.3 Å². The van der Waals surface area contributed by atoms with Gasteiger partial charge in [-0.3, -0.25) is 14.4 Å². The number of ether oxygens (including phenoxy) is 1. The third-order valence-electron chi connectivity index (χ3n) is 8.56. The number of methoxy groups -OCH3 is 1. The number of amides is 3. The van der Waals surface area contributed by atoms with Crippen molar-refractivity contribution in [1.29, 1.82) is 0 Å². The number of hydrazone groups is 1. The number of para-hydroxylation sites is 2. The van der Waals surface area contributed by atoms with E-state index in [1.165, 1.54) is 12.0 Å². The first kappa shape index (κ1) is 25.2. The van der Waals surface area contributed by atoms with Crippen LogP contribution in [0.5, 0.6) is 5.75 Å². The van der Waals surface area contributed by atoms with Gasteiger partial charge in [-0.15, -0.1) is 0 Å². The van der Waals surface area contributed by atoms with Gasteiger partial charge in [0.05, 0.1) is 40.6 Å². The zero-order chi connectivity index (χ0) is 28.3. The Labute approximate surface area is 241 Å². The lowest BCUT2D eigenvalue weighted by atomic mass is 9.47. The van der Waals surface area contributed by atoms with E-state index >= 15 is 0 Å². The van der Waals surface area contributed by atoms with Crippen molar-refractivity contribution in [2.75, 3.05) is 12.0 Å². The maximum Gasteiger partial charge on any atom is 0.275 e. The van der Waals surface area contributed by atoms with Crippen molar-refractivity contribution >= 4 is 41.2 Å². The van der Waals surface area contributed by atoms with E-state index in [4.69, 9.17) is 16.3 Å². The van der Waals surface area contributed by atoms with E-state index in [1.54, 1.807) is 54.7 Å². The molecule has 1 fully saturated rings. The van der Waals surface area contributed by atoms with Gasteiger partial charge in [0, 0.05) is 12.1 Å². The first-order valence-electron chi connectivity index (χ1n) is 13.3. The number of carbonyl (C=O) groups is 3. The molecule has 0 aromatic heterocycles. The average molecular weight is 562 g/mol. The summed E-state index contributed by atoms with van der Waals surface area (Å²) in [5.74, 6) is -2.44. The fraction of sp³-hybridized carbons (Fsp3) is 0.152. The number of imide groups is 1. The number of rotatable bonds is 5. The number of halogens is 1. The predicted molar refractivity (Wildman–Crippen MR) is 155 cm³/mol. The molecule has 1 heterocycles. The molecule has 1 aliphatic heterocycles. The summed E-state index contributed by atoms with van der Waals surface area (Å²) in [6.45, 7) is 0. The SMILES string of the molecule is COc1ccccc1C(=O)N/N=C\C12c3ccccc3C(c3ccccc31)[C@@H]1C(=O)N(c3ccccc3Cl)C(=O)[C@@H]12. The van der Waals surface area contributed by atoms with Crippen LogP contribution in [0.2, 0.25) is 5.02 Å². The second-order valence-corrected chi connectivity index (χ2v) is 10.8. The van der Waals surface area contributed by atoms with E-state index in [1.807, 2.05) is 48.5 Å². The molecule has 1 N–H and O–H groups in total. The highest BCUT2D eigenvalue weighted by Crippen LogP contribution is 2.63. The van der Waals surface area contributed by atoms with Gasteiger partial charge < -0.3 is 4.74 Å². The largest absolute Gasteiger partial charge is 0.496 e. The van der Waals surface area contributed by atoms with Crippen LogP contribution < -0.4 is 15.1 Å². The highest BCUT2D eigenvalue weighted by Gasteiger charge is 2.68. The van der Waals surface area contributed by atoms with E-state index in [0.717, 1.165) is 22.3 Å². The average Bonchev–Trinajstić information content (AvgIpc) is 3.28. The fourth-order valence-electron chi connectivity index (χ4n) is 7.01. The molecule has 1 saturated heterocycles. The van der Waals surface area contributed by atoms with E-state index in [9.17, 15) is 14.4 Å². The van der Waals surface area contributed by atoms with Gasteiger partial charge in [0.25, 0.3) is 5.91 Å². The first-order chi connectivity index (χ1) is 20.0. The molecule has 8 rings (SSSR count). The van der Waals surface area contributed by atoms with Crippen molar-refractivity contribution in [1.82, 2.24) is 5.43 Å². The Morgan fingerprint density at radius 1 is 0.878 bits per heavy atom. The zero-order valence-electron chi connectivity index (χ0n) is 22.0. The minimum Gasteiger partial charge on any atom is -0.496 e. The molecule has 7 nitrogen and oxygen atoms in total. The zero-order valence-corrected chi connectivity index (χ0v) is 22.7. The first-order valence-corrected chi connectivity index (χ1v) is 13.7. The van der Waals surface area contributed by atoms with Crippen molar-refractivity contribution in [3.8, 4) is 5.75 Å². The van der Waals surface area contributed by atoms with Crippen LogP contribution in [0.15, 0.2) is 102 Å². The lowest BCUT2D eigenvalue weighted by molar-refractivity contribution is -0.122. The molecular formula is C33H24ClN3O4.